The van der Waals surface area contributed by atoms with Crippen molar-refractivity contribution in [2.75, 3.05) is 0 Å². The van der Waals surface area contributed by atoms with Gasteiger partial charge in [-0.25, -0.2) is 8.42 Å². The van der Waals surface area contributed by atoms with Gasteiger partial charge in [0.05, 0.1) is 4.75 Å². The minimum atomic E-state index is -3.17. The summed E-state index contributed by atoms with van der Waals surface area (Å²) in [5.74, 6) is 0. The van der Waals surface area contributed by atoms with E-state index in [1.807, 2.05) is 6.92 Å². The van der Waals surface area contributed by atoms with Crippen molar-refractivity contribution >= 4 is 9.84 Å². The van der Waals surface area contributed by atoms with Crippen molar-refractivity contribution in [3.8, 4) is 0 Å². The molecule has 0 fully saturated rings. The van der Waals surface area contributed by atoms with E-state index in [0.29, 0.717) is 0 Å². The smallest absolute Gasteiger partial charge is 0.176 e. The predicted octanol–water partition coefficient (Wildman–Crippen LogP) is 5.24. The summed E-state index contributed by atoms with van der Waals surface area (Å²) in [4.78, 5) is 0. The quantitative estimate of drug-likeness (QED) is 0.460. The molecule has 114 valence electrons. The first-order valence-corrected chi connectivity index (χ1v) is 9.35. The molecule has 0 saturated heterocycles. The maximum Gasteiger partial charge on any atom is 0.176 e. The zero-order chi connectivity index (χ0) is 14.8. The number of hydrogen-bond donors (Lipinski definition) is 0. The van der Waals surface area contributed by atoms with Crippen LogP contribution >= 0.6 is 0 Å². The maximum atomic E-state index is 12.2. The molecule has 0 spiro atoms. The zero-order valence-electron chi connectivity index (χ0n) is 13.1. The molecule has 0 aromatic heterocycles. The largest absolute Gasteiger partial charge is 0.224 e. The molecule has 19 heavy (non-hydrogen) atoms. The Bertz CT molecular complexity index is 333. The van der Waals surface area contributed by atoms with Gasteiger partial charge in [-0.3, -0.25) is 0 Å². The molecule has 0 aliphatic rings. The van der Waals surface area contributed by atoms with E-state index in [1.54, 1.807) is 0 Å². The van der Waals surface area contributed by atoms with Gasteiger partial charge in [-0.15, -0.1) is 0 Å². The van der Waals surface area contributed by atoms with Crippen molar-refractivity contribution in [3.05, 3.63) is 12.0 Å². The number of rotatable bonds is 12. The first-order chi connectivity index (χ1) is 8.93. The van der Waals surface area contributed by atoms with E-state index >= 15 is 0 Å². The number of unbranched alkanes of at least 4 members (excludes halogenated alkanes) is 6. The lowest BCUT2D eigenvalue weighted by Crippen LogP contribution is -2.33. The Labute approximate surface area is 120 Å². The average Bonchev–Trinajstić information content (AvgIpc) is 2.38. The molecule has 0 rings (SSSR count). The van der Waals surface area contributed by atoms with E-state index < -0.39 is 14.6 Å². The topological polar surface area (TPSA) is 34.1 Å². The van der Waals surface area contributed by atoms with Gasteiger partial charge >= 0.3 is 0 Å². The molecule has 0 aromatic carbocycles. The van der Waals surface area contributed by atoms with Crippen LogP contribution < -0.4 is 0 Å². The van der Waals surface area contributed by atoms with Crippen LogP contribution in [-0.4, -0.2) is 13.2 Å². The van der Waals surface area contributed by atoms with Crippen molar-refractivity contribution in [1.29, 1.82) is 0 Å². The summed E-state index contributed by atoms with van der Waals surface area (Å²) in [6, 6.07) is 0. The fourth-order valence-corrected chi connectivity index (χ4v) is 3.72. The second kappa shape index (κ2) is 9.57. The Morgan fingerprint density at radius 3 is 1.79 bits per heavy atom. The fourth-order valence-electron chi connectivity index (χ4n) is 2.46. The summed E-state index contributed by atoms with van der Waals surface area (Å²) in [7, 11) is -3.17. The van der Waals surface area contributed by atoms with Gasteiger partial charge in [0.15, 0.2) is 9.84 Å². The Balaban J connectivity index is 4.46. The fraction of sp³-hybridized carbons (Fsp3) is 0.875. The molecule has 0 saturated carbocycles. The highest BCUT2D eigenvalue weighted by Crippen LogP contribution is 2.31. The molecule has 0 heterocycles. The van der Waals surface area contributed by atoms with Gasteiger partial charge in [-0.05, 0) is 19.8 Å². The van der Waals surface area contributed by atoms with Gasteiger partial charge in [-0.2, -0.15) is 0 Å². The summed E-state index contributed by atoms with van der Waals surface area (Å²) in [5.41, 5.74) is 0. The molecule has 0 aromatic rings. The SMILES string of the molecule is C=CS(=O)(=O)C(C)(CCCCC)CCCCCCC. The molecular formula is C16H32O2S. The van der Waals surface area contributed by atoms with Crippen LogP contribution in [-0.2, 0) is 9.84 Å². The molecule has 0 aliphatic heterocycles. The lowest BCUT2D eigenvalue weighted by molar-refractivity contribution is 0.443. The second-order valence-corrected chi connectivity index (χ2v) is 8.19. The summed E-state index contributed by atoms with van der Waals surface area (Å²) in [6.45, 7) is 9.73. The van der Waals surface area contributed by atoms with E-state index in [9.17, 15) is 8.42 Å². The standard InChI is InChI=1S/C16H32O2S/c1-5-8-10-11-13-15-16(4,14-12-9-6-2)19(17,18)7-3/h7H,3,5-6,8-15H2,1-2,4H3. The highest BCUT2D eigenvalue weighted by atomic mass is 32.2. The summed E-state index contributed by atoms with van der Waals surface area (Å²) < 4.78 is 23.8. The van der Waals surface area contributed by atoms with Crippen molar-refractivity contribution in [2.45, 2.75) is 89.7 Å². The van der Waals surface area contributed by atoms with Crippen LogP contribution in [0, 0.1) is 0 Å². The summed E-state index contributed by atoms with van der Waals surface area (Å²) in [5, 5.41) is 1.16. The predicted molar refractivity (Wildman–Crippen MR) is 85.0 cm³/mol. The Morgan fingerprint density at radius 1 is 0.895 bits per heavy atom. The Kier molecular flexibility index (Phi) is 9.42. The van der Waals surface area contributed by atoms with Crippen molar-refractivity contribution in [1.82, 2.24) is 0 Å². The Hall–Kier alpha value is -0.310. The first kappa shape index (κ1) is 18.7. The van der Waals surface area contributed by atoms with E-state index in [2.05, 4.69) is 20.4 Å². The first-order valence-electron chi connectivity index (χ1n) is 7.80. The minimum Gasteiger partial charge on any atom is -0.224 e. The van der Waals surface area contributed by atoms with Gasteiger partial charge in [-0.1, -0.05) is 71.8 Å². The van der Waals surface area contributed by atoms with Crippen LogP contribution in [0.25, 0.3) is 0 Å². The van der Waals surface area contributed by atoms with Gasteiger partial charge in [0.2, 0.25) is 0 Å². The third-order valence-electron chi connectivity index (χ3n) is 4.02. The van der Waals surface area contributed by atoms with Crippen LogP contribution in [0.2, 0.25) is 0 Å². The highest BCUT2D eigenvalue weighted by molar-refractivity contribution is 7.95. The van der Waals surface area contributed by atoms with Gasteiger partial charge in [0.1, 0.15) is 0 Å². The average molecular weight is 288 g/mol. The monoisotopic (exact) mass is 288 g/mol. The van der Waals surface area contributed by atoms with Gasteiger partial charge in [0.25, 0.3) is 0 Å². The van der Waals surface area contributed by atoms with E-state index in [0.717, 1.165) is 50.4 Å². The molecule has 3 heteroatoms. The lowest BCUT2D eigenvalue weighted by atomic mass is 9.95. The molecule has 1 atom stereocenters. The summed E-state index contributed by atoms with van der Waals surface area (Å²) >= 11 is 0. The van der Waals surface area contributed by atoms with Crippen LogP contribution in [0.5, 0.6) is 0 Å². The molecule has 0 N–H and O–H groups in total. The third-order valence-corrected chi connectivity index (χ3v) is 6.25. The minimum absolute atomic E-state index is 0.601. The maximum absolute atomic E-state index is 12.2. The van der Waals surface area contributed by atoms with Crippen molar-refractivity contribution in [2.24, 2.45) is 0 Å². The van der Waals surface area contributed by atoms with Gasteiger partial charge < -0.3 is 0 Å². The normalized spacial score (nSPS) is 15.1. The van der Waals surface area contributed by atoms with E-state index in [4.69, 9.17) is 0 Å². The molecule has 1 unspecified atom stereocenters. The molecule has 0 aliphatic carbocycles. The molecule has 0 bridgehead atoms. The van der Waals surface area contributed by atoms with E-state index in [-0.39, 0.29) is 0 Å². The lowest BCUT2D eigenvalue weighted by Gasteiger charge is -2.28. The van der Waals surface area contributed by atoms with Crippen molar-refractivity contribution in [3.63, 3.8) is 0 Å². The molecule has 0 amide bonds. The third kappa shape index (κ3) is 6.60. The van der Waals surface area contributed by atoms with Crippen LogP contribution in [0.1, 0.15) is 85.0 Å². The number of sulfone groups is 1. The molecule has 2 nitrogen and oxygen atoms in total. The summed E-state index contributed by atoms with van der Waals surface area (Å²) in [6.07, 6.45) is 10.6. The van der Waals surface area contributed by atoms with Gasteiger partial charge in [0, 0.05) is 5.41 Å². The van der Waals surface area contributed by atoms with Crippen LogP contribution in [0.4, 0.5) is 0 Å². The van der Waals surface area contributed by atoms with Crippen molar-refractivity contribution < 1.29 is 8.42 Å². The van der Waals surface area contributed by atoms with E-state index in [1.165, 1.54) is 19.3 Å². The molecular weight excluding hydrogens is 256 g/mol. The second-order valence-electron chi connectivity index (χ2n) is 5.78. The van der Waals surface area contributed by atoms with Crippen LogP contribution in [0.3, 0.4) is 0 Å². The highest BCUT2D eigenvalue weighted by Gasteiger charge is 2.35. The molecule has 0 radical (unpaired) electrons. The zero-order valence-corrected chi connectivity index (χ0v) is 13.9. The number of hydrogen-bond acceptors (Lipinski definition) is 2. The van der Waals surface area contributed by atoms with Crippen LogP contribution in [0.15, 0.2) is 12.0 Å². The Morgan fingerprint density at radius 2 is 1.32 bits per heavy atom.